The molecule has 0 saturated carbocycles. The Bertz CT molecular complexity index is 811. The minimum Gasteiger partial charge on any atom is -0.454 e. The molecule has 5 nitrogen and oxygen atoms in total. The lowest BCUT2D eigenvalue weighted by Gasteiger charge is -2.23. The number of carbonyl (C=O) groups is 1. The fourth-order valence-electron chi connectivity index (χ4n) is 2.37. The van der Waals surface area contributed by atoms with E-state index in [1.54, 1.807) is 24.3 Å². The Kier molecular flexibility index (Phi) is 4.82. The quantitative estimate of drug-likeness (QED) is 0.798. The lowest BCUT2D eigenvalue weighted by molar-refractivity contribution is -0.132. The summed E-state index contributed by atoms with van der Waals surface area (Å²) in [5.41, 5.74) is 1.02. The number of aryl methyl sites for hydroxylation is 1. The number of ether oxygens (including phenoxy) is 2. The molecule has 0 radical (unpaired) electrons. The number of halogens is 2. The van der Waals surface area contributed by atoms with E-state index in [9.17, 15) is 17.8 Å². The second-order valence-corrected chi connectivity index (χ2v) is 6.78. The summed E-state index contributed by atoms with van der Waals surface area (Å²) in [6, 6.07) is 9.04. The topological polar surface area (TPSA) is 64.6 Å². The van der Waals surface area contributed by atoms with E-state index in [1.807, 2.05) is 6.92 Å². The number of carbonyl (C=O) groups excluding carboxylic acids is 1. The summed E-state index contributed by atoms with van der Waals surface area (Å²) in [5, 5.41) is 0. The zero-order valence-electron chi connectivity index (χ0n) is 13.2. The van der Waals surface area contributed by atoms with Crippen LogP contribution in [0.2, 0.25) is 0 Å². The van der Waals surface area contributed by atoms with Crippen LogP contribution in [0.1, 0.15) is 17.2 Å². The molecule has 0 aromatic heterocycles. The Hall–Kier alpha value is -2.32. The van der Waals surface area contributed by atoms with Crippen LogP contribution in [0.3, 0.4) is 0 Å². The third-order valence-corrected chi connectivity index (χ3v) is 4.88. The fraction of sp³-hybridized carbons (Fsp3) is 0.235. The summed E-state index contributed by atoms with van der Waals surface area (Å²) < 4.78 is 53.4. The van der Waals surface area contributed by atoms with Crippen molar-refractivity contribution in [2.75, 3.05) is 6.79 Å². The highest BCUT2D eigenvalue weighted by atomic mass is 32.2. The average molecular weight is 367 g/mol. The number of hydrogen-bond donors (Lipinski definition) is 1. The van der Waals surface area contributed by atoms with Crippen LogP contribution < -0.4 is 14.2 Å². The molecule has 2 aromatic rings. The van der Waals surface area contributed by atoms with E-state index < -0.39 is 29.2 Å². The lowest BCUT2D eigenvalue weighted by atomic mass is 10.0. The van der Waals surface area contributed by atoms with Gasteiger partial charge >= 0.3 is 5.92 Å². The van der Waals surface area contributed by atoms with Crippen LogP contribution in [-0.4, -0.2) is 23.2 Å². The van der Waals surface area contributed by atoms with Gasteiger partial charge in [-0.2, -0.15) is 8.78 Å². The van der Waals surface area contributed by atoms with Crippen molar-refractivity contribution in [2.45, 2.75) is 23.8 Å². The SMILES string of the molecule is Cc1ccc(S(=O)NC(c2ccc3c(c2)OCO3)C(F)(F)C=O)cc1. The molecule has 1 heterocycles. The molecule has 2 aromatic carbocycles. The number of aldehydes is 1. The maximum atomic E-state index is 14.2. The highest BCUT2D eigenvalue weighted by molar-refractivity contribution is 7.83. The van der Waals surface area contributed by atoms with Gasteiger partial charge in [-0.05, 0) is 36.8 Å². The number of hydrogen-bond acceptors (Lipinski definition) is 4. The second-order valence-electron chi connectivity index (χ2n) is 5.54. The first-order valence-corrected chi connectivity index (χ1v) is 8.54. The third kappa shape index (κ3) is 3.69. The van der Waals surface area contributed by atoms with Crippen molar-refractivity contribution in [1.82, 2.24) is 4.72 Å². The molecule has 8 heteroatoms. The van der Waals surface area contributed by atoms with E-state index in [0.29, 0.717) is 16.4 Å². The Labute approximate surface area is 145 Å². The molecule has 1 N–H and O–H groups in total. The first kappa shape index (κ1) is 17.5. The molecule has 0 saturated heterocycles. The van der Waals surface area contributed by atoms with Crippen molar-refractivity contribution >= 4 is 17.3 Å². The fourth-order valence-corrected chi connectivity index (χ4v) is 3.39. The van der Waals surface area contributed by atoms with Gasteiger partial charge in [-0.3, -0.25) is 4.79 Å². The normalized spacial score (nSPS) is 15.6. The number of fused-ring (bicyclic) bond motifs is 1. The molecule has 132 valence electrons. The molecule has 0 aliphatic carbocycles. The average Bonchev–Trinajstić information content (AvgIpc) is 3.07. The smallest absolute Gasteiger partial charge is 0.322 e. The Balaban J connectivity index is 1.91. The number of rotatable bonds is 6. The Morgan fingerprint density at radius 3 is 2.52 bits per heavy atom. The van der Waals surface area contributed by atoms with Crippen LogP contribution >= 0.6 is 0 Å². The minimum atomic E-state index is -3.76. The summed E-state index contributed by atoms with van der Waals surface area (Å²) in [6.07, 6.45) is -0.457. The predicted octanol–water partition coefficient (Wildman–Crippen LogP) is 2.91. The summed E-state index contributed by atoms with van der Waals surface area (Å²) in [5.74, 6) is -3.03. The maximum absolute atomic E-state index is 14.2. The van der Waals surface area contributed by atoms with Gasteiger partial charge in [0.05, 0.1) is 4.90 Å². The summed E-state index contributed by atoms with van der Waals surface area (Å²) in [6.45, 7) is 1.85. The van der Waals surface area contributed by atoms with Crippen LogP contribution in [0.15, 0.2) is 47.4 Å². The van der Waals surface area contributed by atoms with Crippen LogP contribution in [0.5, 0.6) is 11.5 Å². The first-order valence-electron chi connectivity index (χ1n) is 7.39. The molecule has 0 bridgehead atoms. The molecule has 0 amide bonds. The molecular weight excluding hydrogens is 352 g/mol. The van der Waals surface area contributed by atoms with Crippen molar-refractivity contribution < 1.29 is 27.3 Å². The first-order chi connectivity index (χ1) is 11.9. The molecule has 0 spiro atoms. The van der Waals surface area contributed by atoms with Crippen molar-refractivity contribution in [1.29, 1.82) is 0 Å². The van der Waals surface area contributed by atoms with Gasteiger partial charge in [-0.1, -0.05) is 23.8 Å². The maximum Gasteiger partial charge on any atom is 0.322 e. The van der Waals surface area contributed by atoms with Crippen molar-refractivity contribution in [3.05, 3.63) is 53.6 Å². The molecule has 0 fully saturated rings. The number of benzene rings is 2. The van der Waals surface area contributed by atoms with Crippen molar-refractivity contribution in [2.24, 2.45) is 0 Å². The van der Waals surface area contributed by atoms with Crippen LogP contribution in [-0.2, 0) is 15.8 Å². The van der Waals surface area contributed by atoms with Crippen LogP contribution in [0.4, 0.5) is 8.78 Å². The van der Waals surface area contributed by atoms with Gasteiger partial charge < -0.3 is 9.47 Å². The van der Waals surface area contributed by atoms with Gasteiger partial charge in [0.15, 0.2) is 17.8 Å². The Morgan fingerprint density at radius 1 is 1.16 bits per heavy atom. The predicted molar refractivity (Wildman–Crippen MR) is 87.0 cm³/mol. The number of nitrogens with one attached hydrogen (secondary N) is 1. The van der Waals surface area contributed by atoms with Gasteiger partial charge in [0.1, 0.15) is 17.0 Å². The zero-order valence-corrected chi connectivity index (χ0v) is 14.0. The van der Waals surface area contributed by atoms with Gasteiger partial charge in [-0.25, -0.2) is 8.93 Å². The lowest BCUT2D eigenvalue weighted by Crippen LogP contribution is -2.39. The third-order valence-electron chi connectivity index (χ3n) is 3.73. The second kappa shape index (κ2) is 6.89. The van der Waals surface area contributed by atoms with Crippen LogP contribution in [0.25, 0.3) is 0 Å². The highest BCUT2D eigenvalue weighted by Crippen LogP contribution is 2.38. The Morgan fingerprint density at radius 2 is 1.84 bits per heavy atom. The monoisotopic (exact) mass is 367 g/mol. The van der Waals surface area contributed by atoms with E-state index >= 15 is 0 Å². The van der Waals surface area contributed by atoms with E-state index in [4.69, 9.17) is 9.47 Å². The molecule has 1 aliphatic heterocycles. The van der Waals surface area contributed by atoms with Gasteiger partial charge in [-0.15, -0.1) is 0 Å². The minimum absolute atomic E-state index is 0.00372. The van der Waals surface area contributed by atoms with Crippen molar-refractivity contribution in [3.63, 3.8) is 0 Å². The molecule has 2 atom stereocenters. The van der Waals surface area contributed by atoms with Gasteiger partial charge in [0.25, 0.3) is 0 Å². The summed E-state index contributed by atoms with van der Waals surface area (Å²) in [4.78, 5) is 11.2. The van der Waals surface area contributed by atoms with E-state index in [1.165, 1.54) is 18.2 Å². The number of alkyl halides is 2. The van der Waals surface area contributed by atoms with Gasteiger partial charge in [0, 0.05) is 0 Å². The highest BCUT2D eigenvalue weighted by Gasteiger charge is 2.42. The molecule has 25 heavy (non-hydrogen) atoms. The molecular formula is C17H15F2NO4S. The molecule has 2 unspecified atom stereocenters. The largest absolute Gasteiger partial charge is 0.454 e. The summed E-state index contributed by atoms with van der Waals surface area (Å²) >= 11 is 0. The summed E-state index contributed by atoms with van der Waals surface area (Å²) in [7, 11) is -1.93. The van der Waals surface area contributed by atoms with Crippen molar-refractivity contribution in [3.8, 4) is 11.5 Å². The van der Waals surface area contributed by atoms with Gasteiger partial charge in [0.2, 0.25) is 6.79 Å². The van der Waals surface area contributed by atoms with E-state index in [0.717, 1.165) is 5.56 Å². The molecule has 3 rings (SSSR count). The van der Waals surface area contributed by atoms with E-state index in [-0.39, 0.29) is 12.4 Å². The van der Waals surface area contributed by atoms with Crippen LogP contribution in [0, 0.1) is 6.92 Å². The zero-order chi connectivity index (χ0) is 18.0. The standard InChI is InChI=1S/C17H15F2NO4S/c1-11-2-5-13(6-3-11)25(22)20-16(17(18,19)9-21)12-4-7-14-15(8-12)24-10-23-14/h2-9,16,20H,10H2,1H3. The van der Waals surface area contributed by atoms with E-state index in [2.05, 4.69) is 4.72 Å². The molecule has 1 aliphatic rings.